The second kappa shape index (κ2) is 12.3. The van der Waals surface area contributed by atoms with Crippen LogP contribution in [-0.2, 0) is 17.8 Å². The van der Waals surface area contributed by atoms with E-state index in [0.717, 1.165) is 30.6 Å². The summed E-state index contributed by atoms with van der Waals surface area (Å²) in [4.78, 5) is 14.4. The van der Waals surface area contributed by atoms with Gasteiger partial charge in [-0.1, -0.05) is 42.5 Å². The summed E-state index contributed by atoms with van der Waals surface area (Å²) in [6, 6.07) is 16.6. The molecule has 158 valence electrons. The summed E-state index contributed by atoms with van der Waals surface area (Å²) in [6.45, 7) is 5.41. The van der Waals surface area contributed by atoms with Gasteiger partial charge in [0.15, 0.2) is 0 Å². The van der Waals surface area contributed by atoms with E-state index in [1.165, 1.54) is 34.3 Å². The van der Waals surface area contributed by atoms with Gasteiger partial charge in [-0.05, 0) is 72.8 Å². The van der Waals surface area contributed by atoms with E-state index in [0.29, 0.717) is 0 Å². The van der Waals surface area contributed by atoms with Crippen LogP contribution in [0.1, 0.15) is 30.5 Å². The van der Waals surface area contributed by atoms with E-state index in [4.69, 9.17) is 10.9 Å². The summed E-state index contributed by atoms with van der Waals surface area (Å²) in [6.07, 6.45) is 7.59. The molecule has 0 bridgehead atoms. The molecule has 0 spiro atoms. The third-order valence-electron chi connectivity index (χ3n) is 4.60. The van der Waals surface area contributed by atoms with Crippen LogP contribution in [0.25, 0.3) is 16.5 Å². The number of aromatic amines is 1. The molecule has 0 aliphatic heterocycles. The summed E-state index contributed by atoms with van der Waals surface area (Å²) in [5, 5.41) is 13.3. The first-order valence-electron chi connectivity index (χ1n) is 9.88. The fourth-order valence-corrected chi connectivity index (χ4v) is 2.91. The maximum atomic E-state index is 11.2. The van der Waals surface area contributed by atoms with E-state index >= 15 is 0 Å². The number of H-pyrrole nitrogens is 1. The zero-order valence-electron chi connectivity index (χ0n) is 17.5. The van der Waals surface area contributed by atoms with Gasteiger partial charge >= 0.3 is 0 Å². The van der Waals surface area contributed by atoms with E-state index in [9.17, 15) is 4.79 Å². The molecule has 0 saturated heterocycles. The van der Waals surface area contributed by atoms with Crippen molar-refractivity contribution in [3.63, 3.8) is 0 Å². The van der Waals surface area contributed by atoms with Crippen molar-refractivity contribution in [1.29, 1.82) is 0 Å². The normalized spacial score (nSPS) is 11.4. The molecule has 0 fully saturated rings. The van der Waals surface area contributed by atoms with Gasteiger partial charge in [0.25, 0.3) is 5.91 Å². The molecule has 1 heterocycles. The molecule has 1 aromatic heterocycles. The fraction of sp³-hybridized carbons (Fsp3) is 0.208. The van der Waals surface area contributed by atoms with Crippen LogP contribution in [0.3, 0.4) is 0 Å². The number of nitrogens with two attached hydrogens (primary N) is 1. The quantitative estimate of drug-likeness (QED) is 0.178. The molecular weight excluding hydrogens is 376 g/mol. The van der Waals surface area contributed by atoms with Crippen molar-refractivity contribution in [2.45, 2.75) is 26.8 Å². The predicted octanol–water partition coefficient (Wildman–Crippen LogP) is 3.89. The second-order valence-corrected chi connectivity index (χ2v) is 6.85. The highest BCUT2D eigenvalue weighted by Gasteiger charge is 2.01. The topological polar surface area (TPSA) is 103 Å². The Morgan fingerprint density at radius 3 is 2.50 bits per heavy atom. The van der Waals surface area contributed by atoms with Gasteiger partial charge in [0.05, 0.1) is 0 Å². The summed E-state index contributed by atoms with van der Waals surface area (Å²) in [7, 11) is 0. The largest absolute Gasteiger partial charge is 0.405 e. The number of carbonyl (C=O) groups is 1. The van der Waals surface area contributed by atoms with E-state index < -0.39 is 5.91 Å². The van der Waals surface area contributed by atoms with Crippen molar-refractivity contribution in [2.75, 3.05) is 6.54 Å². The number of aromatic nitrogens is 1. The minimum atomic E-state index is -0.522. The van der Waals surface area contributed by atoms with Gasteiger partial charge in [-0.15, -0.1) is 0 Å². The third-order valence-corrected chi connectivity index (χ3v) is 4.60. The SMILES string of the molecule is C/C(=C\C(=O)NO)c1ccc(CNCCc2ccc3cc[nH]c3c2)cc1.C/C=C\N. The molecule has 2 aromatic carbocycles. The van der Waals surface area contributed by atoms with Crippen molar-refractivity contribution < 1.29 is 10.0 Å². The van der Waals surface area contributed by atoms with Crippen LogP contribution < -0.4 is 16.5 Å². The highest BCUT2D eigenvalue weighted by Crippen LogP contribution is 2.15. The lowest BCUT2D eigenvalue weighted by atomic mass is 10.0. The number of hydroxylamine groups is 1. The standard InChI is InChI=1S/C21H23N3O2.C3H7N/c1-15(12-21(25)24-26)18-5-3-17(4-6-18)14-22-10-8-16-2-7-19-9-11-23-20(19)13-16;1-2-3-4/h2-7,9,11-13,22-23,26H,8,10,14H2,1H3,(H,24,25);2-3H,4H2,1H3/b15-12+;3-2-. The lowest BCUT2D eigenvalue weighted by molar-refractivity contribution is -0.124. The molecule has 0 radical (unpaired) electrons. The smallest absolute Gasteiger partial charge is 0.267 e. The highest BCUT2D eigenvalue weighted by atomic mass is 16.5. The van der Waals surface area contributed by atoms with Crippen molar-refractivity contribution in [1.82, 2.24) is 15.8 Å². The second-order valence-electron chi connectivity index (χ2n) is 6.85. The Labute approximate surface area is 177 Å². The fourth-order valence-electron chi connectivity index (χ4n) is 2.91. The Kier molecular flexibility index (Phi) is 9.37. The van der Waals surface area contributed by atoms with Crippen LogP contribution in [0, 0.1) is 0 Å². The number of allylic oxidation sites excluding steroid dienone is 2. The Morgan fingerprint density at radius 1 is 1.13 bits per heavy atom. The highest BCUT2D eigenvalue weighted by molar-refractivity contribution is 5.94. The molecule has 6 heteroatoms. The van der Waals surface area contributed by atoms with Crippen LogP contribution in [0.15, 0.2) is 73.1 Å². The van der Waals surface area contributed by atoms with Gasteiger partial charge in [-0.25, -0.2) is 5.48 Å². The molecule has 0 atom stereocenters. The first kappa shape index (κ1) is 22.9. The number of hydrogen-bond donors (Lipinski definition) is 5. The van der Waals surface area contributed by atoms with Crippen molar-refractivity contribution in [3.8, 4) is 0 Å². The van der Waals surface area contributed by atoms with Crippen LogP contribution in [0.4, 0.5) is 0 Å². The van der Waals surface area contributed by atoms with Gasteiger partial charge in [0.1, 0.15) is 0 Å². The van der Waals surface area contributed by atoms with E-state index in [1.807, 2.05) is 44.3 Å². The van der Waals surface area contributed by atoms with E-state index in [1.54, 1.807) is 11.6 Å². The summed E-state index contributed by atoms with van der Waals surface area (Å²) >= 11 is 0. The van der Waals surface area contributed by atoms with Gasteiger partial charge in [-0.2, -0.15) is 0 Å². The van der Waals surface area contributed by atoms with Crippen molar-refractivity contribution >= 4 is 22.4 Å². The Bertz CT molecular complexity index is 984. The maximum absolute atomic E-state index is 11.2. The van der Waals surface area contributed by atoms with Gasteiger partial charge in [-0.3, -0.25) is 10.0 Å². The van der Waals surface area contributed by atoms with E-state index in [-0.39, 0.29) is 0 Å². The summed E-state index contributed by atoms with van der Waals surface area (Å²) in [5.74, 6) is -0.522. The average Bonchev–Trinajstić information content (AvgIpc) is 3.25. The van der Waals surface area contributed by atoms with E-state index in [2.05, 4.69) is 34.6 Å². The number of fused-ring (bicyclic) bond motifs is 1. The van der Waals surface area contributed by atoms with Crippen LogP contribution in [0.2, 0.25) is 0 Å². The molecule has 30 heavy (non-hydrogen) atoms. The molecule has 1 amide bonds. The lowest BCUT2D eigenvalue weighted by Crippen LogP contribution is -2.16. The molecule has 0 unspecified atom stereocenters. The average molecular weight is 407 g/mol. The molecule has 6 nitrogen and oxygen atoms in total. The van der Waals surface area contributed by atoms with Crippen LogP contribution >= 0.6 is 0 Å². The summed E-state index contributed by atoms with van der Waals surface area (Å²) in [5.41, 5.74) is 11.9. The third kappa shape index (κ3) is 7.24. The Morgan fingerprint density at radius 2 is 1.83 bits per heavy atom. The van der Waals surface area contributed by atoms with Gasteiger partial charge in [0, 0.05) is 24.3 Å². The number of benzene rings is 2. The first-order valence-corrected chi connectivity index (χ1v) is 9.88. The minimum absolute atomic E-state index is 0.522. The van der Waals surface area contributed by atoms with Crippen molar-refractivity contribution in [3.05, 3.63) is 89.8 Å². The Balaban J connectivity index is 0.000000735. The summed E-state index contributed by atoms with van der Waals surface area (Å²) < 4.78 is 0. The number of hydrogen-bond acceptors (Lipinski definition) is 4. The minimum Gasteiger partial charge on any atom is -0.405 e. The van der Waals surface area contributed by atoms with Crippen molar-refractivity contribution in [2.24, 2.45) is 5.73 Å². The number of carbonyl (C=O) groups excluding carboxylic acids is 1. The zero-order chi connectivity index (χ0) is 21.8. The predicted molar refractivity (Wildman–Crippen MR) is 123 cm³/mol. The molecule has 3 aromatic rings. The van der Waals surface area contributed by atoms with Gasteiger partial charge in [0.2, 0.25) is 0 Å². The molecule has 0 aliphatic rings. The Hall–Kier alpha value is -3.35. The molecule has 0 aliphatic carbocycles. The van der Waals surface area contributed by atoms with Crippen LogP contribution in [-0.4, -0.2) is 22.6 Å². The number of amides is 1. The molecular formula is C24H30N4O2. The first-order chi connectivity index (χ1) is 14.6. The number of nitrogens with one attached hydrogen (secondary N) is 3. The van der Waals surface area contributed by atoms with Crippen LogP contribution in [0.5, 0.6) is 0 Å². The monoisotopic (exact) mass is 406 g/mol. The molecule has 0 saturated carbocycles. The number of rotatable bonds is 7. The lowest BCUT2D eigenvalue weighted by Gasteiger charge is -2.07. The maximum Gasteiger partial charge on any atom is 0.267 e. The molecule has 6 N–H and O–H groups in total. The zero-order valence-corrected chi connectivity index (χ0v) is 17.5. The molecule has 3 rings (SSSR count). The van der Waals surface area contributed by atoms with Gasteiger partial charge < -0.3 is 16.0 Å².